The fourth-order valence-electron chi connectivity index (χ4n) is 2.62. The van der Waals surface area contributed by atoms with Gasteiger partial charge in [0, 0.05) is 12.4 Å². The van der Waals surface area contributed by atoms with Crippen molar-refractivity contribution in [2.45, 2.75) is 12.9 Å². The molecule has 0 radical (unpaired) electrons. The van der Waals surface area contributed by atoms with Crippen LogP contribution in [0, 0.1) is 0 Å². The Morgan fingerprint density at radius 1 is 1.10 bits per heavy atom. The number of carbonyl (C=O) groups is 1. The van der Waals surface area contributed by atoms with Crippen LogP contribution in [0.3, 0.4) is 0 Å². The Bertz CT molecular complexity index is 1380. The quantitative estimate of drug-likeness (QED) is 0.634. The highest BCUT2D eigenvalue weighted by Gasteiger charge is 2.31. The van der Waals surface area contributed by atoms with Crippen LogP contribution in [0.15, 0.2) is 60.8 Å². The summed E-state index contributed by atoms with van der Waals surface area (Å²) >= 11 is 0. The maximum Gasteiger partial charge on any atom is 0.573 e. The highest BCUT2D eigenvalue weighted by molar-refractivity contribution is 5.98. The van der Waals surface area contributed by atoms with Crippen LogP contribution in [0.2, 0.25) is 0 Å². The molecule has 1 aliphatic rings. The molecule has 9 heteroatoms. The molecule has 0 atom stereocenters. The van der Waals surface area contributed by atoms with Gasteiger partial charge in [0.25, 0.3) is 5.91 Å². The number of ether oxygens (including phenoxy) is 2. The zero-order valence-corrected chi connectivity index (χ0v) is 15.1. The molecule has 2 heterocycles. The van der Waals surface area contributed by atoms with Crippen molar-refractivity contribution in [3.8, 4) is 22.6 Å². The standard InChI is InChI=1S/C21H16F3N3O3/c22-21(23,24)30-16-5-2-14(3-6-16)15-4-7-18-17(12-15)20(28)27(10-11-29-18)13-19-25-8-1-9-26-19/h1-9,12H,10-11,13H2/i2D,3D,4D,5D,6D,7D,12D. The van der Waals surface area contributed by atoms with Gasteiger partial charge in [0.05, 0.1) is 28.2 Å². The first-order valence-electron chi connectivity index (χ1n) is 12.0. The molecule has 4 rings (SSSR count). The Labute approximate surface area is 179 Å². The number of aromatic nitrogens is 2. The van der Waals surface area contributed by atoms with Crippen molar-refractivity contribution in [2.24, 2.45) is 0 Å². The van der Waals surface area contributed by atoms with E-state index < -0.39 is 77.0 Å². The van der Waals surface area contributed by atoms with Gasteiger partial charge in [0.15, 0.2) is 0 Å². The zero-order chi connectivity index (χ0) is 27.2. The van der Waals surface area contributed by atoms with Crippen molar-refractivity contribution in [1.29, 1.82) is 0 Å². The highest BCUT2D eigenvalue weighted by Crippen LogP contribution is 2.31. The van der Waals surface area contributed by atoms with Gasteiger partial charge in [0.1, 0.15) is 23.9 Å². The molecule has 0 aliphatic carbocycles. The summed E-state index contributed by atoms with van der Waals surface area (Å²) in [5, 5.41) is 0. The number of rotatable bonds is 4. The van der Waals surface area contributed by atoms with Crippen molar-refractivity contribution in [3.05, 3.63) is 72.1 Å². The number of alkyl halides is 3. The zero-order valence-electron chi connectivity index (χ0n) is 22.1. The lowest BCUT2D eigenvalue weighted by molar-refractivity contribution is -0.274. The van der Waals surface area contributed by atoms with Gasteiger partial charge in [0.2, 0.25) is 0 Å². The van der Waals surface area contributed by atoms with E-state index in [4.69, 9.17) is 14.3 Å². The Morgan fingerprint density at radius 3 is 2.50 bits per heavy atom. The van der Waals surface area contributed by atoms with E-state index in [1.165, 1.54) is 17.3 Å². The van der Waals surface area contributed by atoms with E-state index in [0.717, 1.165) is 0 Å². The summed E-state index contributed by atoms with van der Waals surface area (Å²) in [4.78, 5) is 22.8. The van der Waals surface area contributed by atoms with Crippen LogP contribution in [-0.2, 0) is 6.54 Å². The molecule has 0 saturated carbocycles. The van der Waals surface area contributed by atoms with Crippen LogP contribution in [0.1, 0.15) is 25.8 Å². The number of carbonyl (C=O) groups excluding carboxylic acids is 1. The second kappa shape index (κ2) is 8.02. The molecule has 0 saturated heterocycles. The maximum absolute atomic E-state index is 13.4. The lowest BCUT2D eigenvalue weighted by atomic mass is 10.0. The van der Waals surface area contributed by atoms with Gasteiger partial charge in [-0.2, -0.15) is 0 Å². The molecule has 1 aliphatic heterocycles. The Balaban J connectivity index is 1.92. The van der Waals surface area contributed by atoms with Crippen LogP contribution in [-0.4, -0.2) is 40.3 Å². The smallest absolute Gasteiger partial charge is 0.491 e. The summed E-state index contributed by atoms with van der Waals surface area (Å²) in [6.07, 6.45) is -2.38. The molecule has 1 aromatic heterocycles. The van der Waals surface area contributed by atoms with Crippen LogP contribution in [0.25, 0.3) is 11.1 Å². The summed E-state index contributed by atoms with van der Waals surface area (Å²) in [6, 6.07) is -5.10. The predicted octanol–water partition coefficient (Wildman–Crippen LogP) is 4.08. The van der Waals surface area contributed by atoms with E-state index in [-0.39, 0.29) is 31.3 Å². The normalized spacial score (nSPS) is 17.2. The maximum atomic E-state index is 13.4. The van der Waals surface area contributed by atoms with Crippen molar-refractivity contribution in [2.75, 3.05) is 13.2 Å². The van der Waals surface area contributed by atoms with E-state index in [9.17, 15) is 18.0 Å². The van der Waals surface area contributed by atoms with E-state index in [0.29, 0.717) is 0 Å². The fourth-order valence-corrected chi connectivity index (χ4v) is 2.62. The minimum Gasteiger partial charge on any atom is -0.491 e. The lowest BCUT2D eigenvalue weighted by Gasteiger charge is -2.19. The fraction of sp³-hybridized carbons (Fsp3) is 0.190. The van der Waals surface area contributed by atoms with Gasteiger partial charge >= 0.3 is 6.36 Å². The molecule has 6 nitrogen and oxygen atoms in total. The highest BCUT2D eigenvalue weighted by atomic mass is 19.4. The molecule has 3 aromatic rings. The van der Waals surface area contributed by atoms with Crippen molar-refractivity contribution < 1.29 is 37.0 Å². The molecule has 0 spiro atoms. The van der Waals surface area contributed by atoms with Crippen molar-refractivity contribution in [1.82, 2.24) is 14.9 Å². The average molecular weight is 422 g/mol. The Kier molecular flexibility index (Phi) is 3.43. The summed E-state index contributed by atoms with van der Waals surface area (Å²) < 4.78 is 105. The number of fused-ring (bicyclic) bond motifs is 1. The molecular weight excluding hydrogens is 399 g/mol. The molecular formula is C21H16F3N3O3. The number of benzene rings is 2. The third-order valence-electron chi connectivity index (χ3n) is 3.91. The van der Waals surface area contributed by atoms with Gasteiger partial charge in [-0.15, -0.1) is 13.2 Å². The number of amides is 1. The van der Waals surface area contributed by atoms with Crippen LogP contribution >= 0.6 is 0 Å². The largest absolute Gasteiger partial charge is 0.573 e. The number of nitrogens with zero attached hydrogens (tertiary/aromatic N) is 3. The summed E-state index contributed by atoms with van der Waals surface area (Å²) in [5.74, 6) is -2.30. The first-order chi connectivity index (χ1) is 17.3. The summed E-state index contributed by atoms with van der Waals surface area (Å²) in [6.45, 7) is -0.171. The molecule has 2 aromatic carbocycles. The van der Waals surface area contributed by atoms with E-state index in [1.54, 1.807) is 6.07 Å². The topological polar surface area (TPSA) is 64.6 Å². The number of hydrogen-bond acceptors (Lipinski definition) is 5. The third kappa shape index (κ3) is 4.51. The van der Waals surface area contributed by atoms with Crippen LogP contribution in [0.4, 0.5) is 13.2 Å². The van der Waals surface area contributed by atoms with Crippen molar-refractivity contribution in [3.63, 3.8) is 0 Å². The summed E-state index contributed by atoms with van der Waals surface area (Å²) in [7, 11) is 0. The SMILES string of the molecule is [2H]c1c([2H])c(-c2c([2H])c([2H])c3c(c2[2H])C(=O)N(Cc2ncccn2)CCO3)c([2H])c([2H])c1OC(F)(F)F. The van der Waals surface area contributed by atoms with Gasteiger partial charge in [-0.3, -0.25) is 4.79 Å². The Morgan fingerprint density at radius 2 is 1.80 bits per heavy atom. The number of halogens is 3. The Hall–Kier alpha value is -3.62. The minimum atomic E-state index is -5.30. The molecule has 0 bridgehead atoms. The summed E-state index contributed by atoms with van der Waals surface area (Å²) in [5.41, 5.74) is -1.85. The predicted molar refractivity (Wildman–Crippen MR) is 101 cm³/mol. The molecule has 30 heavy (non-hydrogen) atoms. The van der Waals surface area contributed by atoms with Crippen LogP contribution in [0.5, 0.6) is 11.5 Å². The van der Waals surface area contributed by atoms with E-state index in [1.807, 2.05) is 0 Å². The molecule has 0 N–H and O–H groups in total. The van der Waals surface area contributed by atoms with Gasteiger partial charge in [-0.05, 0) is 41.4 Å². The van der Waals surface area contributed by atoms with Gasteiger partial charge in [-0.1, -0.05) is 18.1 Å². The lowest BCUT2D eigenvalue weighted by Crippen LogP contribution is -2.32. The molecule has 0 unspecified atom stereocenters. The monoisotopic (exact) mass is 422 g/mol. The molecule has 154 valence electrons. The second-order valence-electron chi connectivity index (χ2n) is 5.95. The van der Waals surface area contributed by atoms with Crippen LogP contribution < -0.4 is 9.47 Å². The molecule has 1 amide bonds. The van der Waals surface area contributed by atoms with Crippen molar-refractivity contribution >= 4 is 5.91 Å². The van der Waals surface area contributed by atoms with E-state index in [2.05, 4.69) is 14.7 Å². The molecule has 0 fully saturated rings. The first-order valence-corrected chi connectivity index (χ1v) is 8.51. The van der Waals surface area contributed by atoms with Gasteiger partial charge < -0.3 is 14.4 Å². The van der Waals surface area contributed by atoms with E-state index >= 15 is 0 Å². The second-order valence-corrected chi connectivity index (χ2v) is 5.95. The first kappa shape index (κ1) is 12.8. The average Bonchev–Trinajstić information content (AvgIpc) is 3.00. The minimum absolute atomic E-state index is 0.0118. The third-order valence-corrected chi connectivity index (χ3v) is 3.91. The van der Waals surface area contributed by atoms with Gasteiger partial charge in [-0.25, -0.2) is 9.97 Å². The number of hydrogen-bond donors (Lipinski definition) is 0.